The van der Waals surface area contributed by atoms with Crippen LogP contribution >= 0.6 is 23.2 Å². The number of hydrogen-bond acceptors (Lipinski definition) is 2. The molecule has 108 valence electrons. The molecule has 1 fully saturated rings. The smallest absolute Gasteiger partial charge is 0.323 e. The number of carboxylic acids is 1. The summed E-state index contributed by atoms with van der Waals surface area (Å²) in [5.41, 5.74) is 0.368. The monoisotopic (exact) mass is 315 g/mol. The average Bonchev–Trinajstić information content (AvgIpc) is 2.92. The number of carbonyl (C=O) groups is 2. The highest BCUT2D eigenvalue weighted by Crippen LogP contribution is 2.27. The van der Waals surface area contributed by atoms with E-state index in [-0.39, 0.29) is 18.5 Å². The number of nitrogens with zero attached hydrogens (tertiary/aromatic N) is 1. The van der Waals surface area contributed by atoms with E-state index in [1.807, 2.05) is 0 Å². The van der Waals surface area contributed by atoms with Gasteiger partial charge in [0.2, 0.25) is 0 Å². The molecule has 0 heterocycles. The zero-order chi connectivity index (χ0) is 14.7. The van der Waals surface area contributed by atoms with Crippen molar-refractivity contribution < 1.29 is 14.7 Å². The number of aliphatic carboxylic acids is 1. The summed E-state index contributed by atoms with van der Waals surface area (Å²) in [5.74, 6) is -1.32. The van der Waals surface area contributed by atoms with E-state index >= 15 is 0 Å². The van der Waals surface area contributed by atoms with Crippen molar-refractivity contribution >= 4 is 35.1 Å². The second-order valence-electron chi connectivity index (χ2n) is 4.89. The third kappa shape index (κ3) is 3.44. The van der Waals surface area contributed by atoms with Crippen molar-refractivity contribution in [3.63, 3.8) is 0 Å². The molecule has 2 rings (SSSR count). The van der Waals surface area contributed by atoms with Crippen LogP contribution in [-0.2, 0) is 4.79 Å². The minimum atomic E-state index is -1.01. The minimum absolute atomic E-state index is 0.00643. The molecule has 0 radical (unpaired) electrons. The first-order valence-corrected chi connectivity index (χ1v) is 7.22. The number of halogens is 2. The summed E-state index contributed by atoms with van der Waals surface area (Å²) in [6.45, 7) is -0.288. The fourth-order valence-electron chi connectivity index (χ4n) is 2.52. The van der Waals surface area contributed by atoms with Gasteiger partial charge in [-0.05, 0) is 31.0 Å². The van der Waals surface area contributed by atoms with Gasteiger partial charge in [0.1, 0.15) is 6.54 Å². The first-order valence-electron chi connectivity index (χ1n) is 6.47. The van der Waals surface area contributed by atoms with Gasteiger partial charge in [-0.15, -0.1) is 0 Å². The molecule has 0 aromatic heterocycles. The molecule has 1 aliphatic rings. The molecule has 1 amide bonds. The van der Waals surface area contributed by atoms with Crippen molar-refractivity contribution in [3.05, 3.63) is 33.8 Å². The predicted octanol–water partition coefficient (Wildman–Crippen LogP) is 3.46. The summed E-state index contributed by atoms with van der Waals surface area (Å²) in [6, 6.07) is 4.59. The first kappa shape index (κ1) is 15.1. The summed E-state index contributed by atoms with van der Waals surface area (Å²) in [4.78, 5) is 24.9. The van der Waals surface area contributed by atoms with Crippen molar-refractivity contribution in [2.24, 2.45) is 0 Å². The maximum absolute atomic E-state index is 12.5. The van der Waals surface area contributed by atoms with Gasteiger partial charge < -0.3 is 10.0 Å². The van der Waals surface area contributed by atoms with Crippen LogP contribution in [0.4, 0.5) is 0 Å². The van der Waals surface area contributed by atoms with E-state index in [2.05, 4.69) is 0 Å². The van der Waals surface area contributed by atoms with E-state index in [9.17, 15) is 9.59 Å². The van der Waals surface area contributed by atoms with Gasteiger partial charge in [0.25, 0.3) is 5.91 Å². The van der Waals surface area contributed by atoms with E-state index in [0.29, 0.717) is 15.6 Å². The van der Waals surface area contributed by atoms with E-state index in [1.54, 1.807) is 12.1 Å². The highest BCUT2D eigenvalue weighted by atomic mass is 35.5. The summed E-state index contributed by atoms with van der Waals surface area (Å²) in [6.07, 6.45) is 3.74. The van der Waals surface area contributed by atoms with Gasteiger partial charge >= 0.3 is 5.97 Å². The van der Waals surface area contributed by atoms with Gasteiger partial charge in [0.15, 0.2) is 0 Å². The molecule has 0 spiro atoms. The maximum Gasteiger partial charge on any atom is 0.323 e. The van der Waals surface area contributed by atoms with Crippen LogP contribution < -0.4 is 0 Å². The van der Waals surface area contributed by atoms with Crippen molar-refractivity contribution in [1.82, 2.24) is 4.90 Å². The van der Waals surface area contributed by atoms with Crippen LogP contribution in [0.25, 0.3) is 0 Å². The fourth-order valence-corrected chi connectivity index (χ4v) is 2.82. The lowest BCUT2D eigenvalue weighted by molar-refractivity contribution is -0.138. The van der Waals surface area contributed by atoms with Gasteiger partial charge in [-0.1, -0.05) is 36.0 Å². The number of rotatable bonds is 4. The molecular formula is C14H15Cl2NO3. The number of carboxylic acid groups (broad SMARTS) is 1. The lowest BCUT2D eigenvalue weighted by atomic mass is 10.1. The molecule has 1 aliphatic carbocycles. The van der Waals surface area contributed by atoms with Crippen LogP contribution in [-0.4, -0.2) is 34.5 Å². The van der Waals surface area contributed by atoms with Gasteiger partial charge in [-0.25, -0.2) is 0 Å². The van der Waals surface area contributed by atoms with Gasteiger partial charge in [0, 0.05) is 11.6 Å². The van der Waals surface area contributed by atoms with Crippen molar-refractivity contribution in [2.45, 2.75) is 31.7 Å². The number of hydrogen-bond donors (Lipinski definition) is 1. The van der Waals surface area contributed by atoms with Crippen LogP contribution in [0.15, 0.2) is 18.2 Å². The summed E-state index contributed by atoms with van der Waals surface area (Å²) >= 11 is 11.7. The molecule has 20 heavy (non-hydrogen) atoms. The van der Waals surface area contributed by atoms with Crippen LogP contribution in [0.3, 0.4) is 0 Å². The van der Waals surface area contributed by atoms with E-state index < -0.39 is 5.97 Å². The third-order valence-corrected chi connectivity index (χ3v) is 4.24. The molecule has 1 N–H and O–H groups in total. The highest BCUT2D eigenvalue weighted by molar-refractivity contribution is 6.42. The highest BCUT2D eigenvalue weighted by Gasteiger charge is 2.29. The molecule has 0 aliphatic heterocycles. The number of carbonyl (C=O) groups excluding carboxylic acids is 1. The molecule has 0 atom stereocenters. The van der Waals surface area contributed by atoms with Crippen LogP contribution in [0, 0.1) is 0 Å². The van der Waals surface area contributed by atoms with Crippen molar-refractivity contribution in [1.29, 1.82) is 0 Å². The fraction of sp³-hybridized carbons (Fsp3) is 0.429. The normalized spacial score (nSPS) is 15.3. The largest absolute Gasteiger partial charge is 0.480 e. The Morgan fingerprint density at radius 1 is 1.20 bits per heavy atom. The Labute approximate surface area is 127 Å². The Balaban J connectivity index is 2.24. The van der Waals surface area contributed by atoms with Crippen LogP contribution in [0.1, 0.15) is 36.0 Å². The Morgan fingerprint density at radius 3 is 2.40 bits per heavy atom. The quantitative estimate of drug-likeness (QED) is 0.925. The average molecular weight is 316 g/mol. The summed E-state index contributed by atoms with van der Waals surface area (Å²) in [7, 11) is 0. The summed E-state index contributed by atoms with van der Waals surface area (Å²) in [5, 5.41) is 9.66. The second-order valence-corrected chi connectivity index (χ2v) is 5.71. The zero-order valence-electron chi connectivity index (χ0n) is 10.8. The molecular weight excluding hydrogens is 301 g/mol. The zero-order valence-corrected chi connectivity index (χ0v) is 12.3. The van der Waals surface area contributed by atoms with Gasteiger partial charge in [0.05, 0.1) is 10.0 Å². The molecule has 6 heteroatoms. The minimum Gasteiger partial charge on any atom is -0.480 e. The van der Waals surface area contributed by atoms with Crippen molar-refractivity contribution in [3.8, 4) is 0 Å². The topological polar surface area (TPSA) is 57.6 Å². The Kier molecular flexibility index (Phi) is 4.89. The molecule has 1 saturated carbocycles. The molecule has 4 nitrogen and oxygen atoms in total. The van der Waals surface area contributed by atoms with E-state index in [0.717, 1.165) is 25.7 Å². The SMILES string of the molecule is O=C(O)CN(C(=O)c1ccc(Cl)c(Cl)c1)C1CCCC1. The second kappa shape index (κ2) is 6.46. The third-order valence-electron chi connectivity index (χ3n) is 3.50. The number of amides is 1. The molecule has 0 unspecified atom stereocenters. The van der Waals surface area contributed by atoms with Gasteiger partial charge in [-0.3, -0.25) is 9.59 Å². The standard InChI is InChI=1S/C14H15Cl2NO3/c15-11-6-5-9(7-12(11)16)14(20)17(8-13(18)19)10-3-1-2-4-10/h5-7,10H,1-4,8H2,(H,18,19). The Morgan fingerprint density at radius 2 is 1.85 bits per heavy atom. The Bertz CT molecular complexity index is 527. The Hall–Kier alpha value is -1.26. The van der Waals surface area contributed by atoms with Crippen molar-refractivity contribution in [2.75, 3.05) is 6.54 Å². The number of benzene rings is 1. The molecule has 0 saturated heterocycles. The van der Waals surface area contributed by atoms with Gasteiger partial charge in [-0.2, -0.15) is 0 Å². The summed E-state index contributed by atoms with van der Waals surface area (Å²) < 4.78 is 0. The molecule has 1 aromatic carbocycles. The first-order chi connectivity index (χ1) is 9.49. The predicted molar refractivity (Wildman–Crippen MR) is 77.4 cm³/mol. The van der Waals surface area contributed by atoms with E-state index in [1.165, 1.54) is 11.0 Å². The van der Waals surface area contributed by atoms with E-state index in [4.69, 9.17) is 28.3 Å². The maximum atomic E-state index is 12.5. The lowest BCUT2D eigenvalue weighted by Crippen LogP contribution is -2.42. The van der Waals surface area contributed by atoms with Crippen LogP contribution in [0.2, 0.25) is 10.0 Å². The molecule has 0 bridgehead atoms. The van der Waals surface area contributed by atoms with Crippen LogP contribution in [0.5, 0.6) is 0 Å². The molecule has 1 aromatic rings. The lowest BCUT2D eigenvalue weighted by Gasteiger charge is -2.27.